The van der Waals surface area contributed by atoms with Crippen LogP contribution in [0.4, 0.5) is 0 Å². The summed E-state index contributed by atoms with van der Waals surface area (Å²) in [5, 5.41) is 1.89. The average molecular weight is 430 g/mol. The first-order chi connectivity index (χ1) is 14.3. The van der Waals surface area contributed by atoms with Crippen molar-refractivity contribution in [3.63, 3.8) is 0 Å². The quantitative estimate of drug-likeness (QED) is 0.351. The first kappa shape index (κ1) is 22.9. The fraction of sp³-hybridized carbons (Fsp3) is 0.680. The molecule has 1 amide bonds. The van der Waals surface area contributed by atoms with Gasteiger partial charge in [0.1, 0.15) is 11.0 Å². The highest BCUT2D eigenvalue weighted by Gasteiger charge is 2.40. The number of ether oxygens (including phenoxy) is 1. The van der Waals surface area contributed by atoms with Gasteiger partial charge in [-0.1, -0.05) is 44.1 Å². The van der Waals surface area contributed by atoms with Crippen molar-refractivity contribution < 1.29 is 14.3 Å². The normalized spacial score (nSPS) is 27.6. The summed E-state index contributed by atoms with van der Waals surface area (Å²) in [5.41, 5.74) is -0.0798. The Balaban J connectivity index is 1.82. The van der Waals surface area contributed by atoms with Gasteiger partial charge in [0.25, 0.3) is 0 Å². The van der Waals surface area contributed by atoms with Gasteiger partial charge in [0, 0.05) is 35.8 Å². The molecule has 30 heavy (non-hydrogen) atoms. The molecule has 1 heterocycles. The van der Waals surface area contributed by atoms with Crippen molar-refractivity contribution in [1.82, 2.24) is 4.90 Å². The van der Waals surface area contributed by atoms with Gasteiger partial charge >= 0.3 is 5.97 Å². The molecule has 5 heteroatoms. The second-order valence-electron chi connectivity index (χ2n) is 9.88. The van der Waals surface area contributed by atoms with Gasteiger partial charge in [-0.3, -0.25) is 4.79 Å². The molecule has 0 aromatic carbocycles. The Morgan fingerprint density at radius 3 is 2.53 bits per heavy atom. The Morgan fingerprint density at radius 1 is 1.20 bits per heavy atom. The monoisotopic (exact) mass is 429 g/mol. The smallest absolute Gasteiger partial charge is 0.348 e. The largest absolute Gasteiger partial charge is 0.458 e. The highest BCUT2D eigenvalue weighted by molar-refractivity contribution is 7.11. The van der Waals surface area contributed by atoms with Crippen LogP contribution < -0.4 is 0 Å². The summed E-state index contributed by atoms with van der Waals surface area (Å²) in [6.45, 7) is 8.47. The van der Waals surface area contributed by atoms with Crippen LogP contribution >= 0.6 is 11.3 Å². The van der Waals surface area contributed by atoms with Crippen molar-refractivity contribution in [2.24, 2.45) is 17.3 Å². The topological polar surface area (TPSA) is 46.6 Å². The zero-order chi connectivity index (χ0) is 21.7. The average Bonchev–Trinajstić information content (AvgIpc) is 3.25. The van der Waals surface area contributed by atoms with Gasteiger partial charge in [-0.25, -0.2) is 4.79 Å². The maximum absolute atomic E-state index is 12.7. The molecular weight excluding hydrogens is 394 g/mol. The lowest BCUT2D eigenvalue weighted by Gasteiger charge is -2.44. The van der Waals surface area contributed by atoms with Gasteiger partial charge in [-0.05, 0) is 51.5 Å². The van der Waals surface area contributed by atoms with Crippen molar-refractivity contribution in [3.05, 3.63) is 22.4 Å². The van der Waals surface area contributed by atoms with Crippen molar-refractivity contribution in [3.8, 4) is 11.8 Å². The first-order valence-electron chi connectivity index (χ1n) is 11.3. The van der Waals surface area contributed by atoms with Gasteiger partial charge in [-0.15, -0.1) is 11.3 Å². The van der Waals surface area contributed by atoms with E-state index in [1.165, 1.54) is 30.6 Å². The van der Waals surface area contributed by atoms with Crippen LogP contribution in [0.3, 0.4) is 0 Å². The van der Waals surface area contributed by atoms with E-state index in [0.29, 0.717) is 17.3 Å². The van der Waals surface area contributed by atoms with Gasteiger partial charge < -0.3 is 9.64 Å². The molecule has 2 aliphatic rings. The van der Waals surface area contributed by atoms with Crippen molar-refractivity contribution in [2.75, 3.05) is 0 Å². The highest BCUT2D eigenvalue weighted by atomic mass is 32.1. The molecule has 2 aliphatic carbocycles. The van der Waals surface area contributed by atoms with Crippen LogP contribution in [-0.4, -0.2) is 35.5 Å². The molecule has 1 aromatic rings. The van der Waals surface area contributed by atoms with Gasteiger partial charge in [0.15, 0.2) is 0 Å². The molecule has 2 fully saturated rings. The maximum atomic E-state index is 12.7. The SMILES string of the molecule is C[C@@H]1[C@H](C#CC(C)(C)C)C[C@@H](N(C=O)C2CCCCC2)C[C@H]1OC(=O)c1cccs1. The molecule has 0 unspecified atom stereocenters. The molecule has 2 saturated carbocycles. The minimum absolute atomic E-state index is 0.0715. The molecule has 4 atom stereocenters. The van der Waals surface area contributed by atoms with Crippen molar-refractivity contribution >= 4 is 23.7 Å². The maximum Gasteiger partial charge on any atom is 0.348 e. The lowest BCUT2D eigenvalue weighted by molar-refractivity contribution is -0.126. The Bertz CT molecular complexity index is 765. The van der Waals surface area contributed by atoms with E-state index < -0.39 is 0 Å². The standard InChI is InChI=1S/C25H35NO3S/c1-18-19(12-13-25(2,3)4)15-21(26(17-27)20-9-6-5-7-10-20)16-22(18)29-24(28)23-11-8-14-30-23/h8,11,14,17-22H,5-7,9-10,15-16H2,1-4H3/t18-,19-,21-,22-/m1/s1. The number of thiophene rings is 1. The Kier molecular flexibility index (Phi) is 7.63. The van der Waals surface area contributed by atoms with Gasteiger partial charge in [0.2, 0.25) is 6.41 Å². The van der Waals surface area contributed by atoms with E-state index in [4.69, 9.17) is 4.74 Å². The summed E-state index contributed by atoms with van der Waals surface area (Å²) < 4.78 is 5.98. The highest BCUT2D eigenvalue weighted by Crippen LogP contribution is 2.37. The number of amides is 1. The molecule has 0 spiro atoms. The predicted octanol–water partition coefficient (Wildman–Crippen LogP) is 5.53. The number of hydrogen-bond donors (Lipinski definition) is 0. The van der Waals surface area contributed by atoms with Crippen LogP contribution in [0.5, 0.6) is 0 Å². The summed E-state index contributed by atoms with van der Waals surface area (Å²) >= 11 is 1.40. The number of carbonyl (C=O) groups is 2. The molecule has 0 aliphatic heterocycles. The molecule has 0 bridgehead atoms. The van der Waals surface area contributed by atoms with Gasteiger partial charge in [0.05, 0.1) is 0 Å². The minimum atomic E-state index is -0.264. The van der Waals surface area contributed by atoms with Crippen molar-refractivity contribution in [1.29, 1.82) is 0 Å². The summed E-state index contributed by atoms with van der Waals surface area (Å²) in [4.78, 5) is 27.4. The summed E-state index contributed by atoms with van der Waals surface area (Å²) in [6, 6.07) is 4.04. The molecule has 3 rings (SSSR count). The number of nitrogens with zero attached hydrogens (tertiary/aromatic N) is 1. The molecule has 0 N–H and O–H groups in total. The molecule has 0 saturated heterocycles. The van der Waals surface area contributed by atoms with Crippen LogP contribution in [0.1, 0.15) is 82.3 Å². The van der Waals surface area contributed by atoms with E-state index >= 15 is 0 Å². The van der Waals surface area contributed by atoms with E-state index in [1.807, 2.05) is 16.3 Å². The summed E-state index contributed by atoms with van der Waals surface area (Å²) in [7, 11) is 0. The molecule has 0 radical (unpaired) electrons. The van der Waals surface area contributed by atoms with Crippen LogP contribution in [-0.2, 0) is 9.53 Å². The molecule has 164 valence electrons. The third kappa shape index (κ3) is 5.88. The summed E-state index contributed by atoms with van der Waals surface area (Å²) in [6.07, 6.45) is 8.11. The zero-order valence-electron chi connectivity index (χ0n) is 18.7. The number of esters is 1. The second kappa shape index (κ2) is 10.0. The fourth-order valence-electron chi connectivity index (χ4n) is 4.68. The first-order valence-corrected chi connectivity index (χ1v) is 12.2. The number of rotatable bonds is 5. The zero-order valence-corrected chi connectivity index (χ0v) is 19.5. The fourth-order valence-corrected chi connectivity index (χ4v) is 5.29. The third-order valence-corrected chi connectivity index (χ3v) is 7.25. The third-order valence-electron chi connectivity index (χ3n) is 6.40. The molecule has 4 nitrogen and oxygen atoms in total. The van der Waals surface area contributed by atoms with E-state index in [-0.39, 0.29) is 35.4 Å². The van der Waals surface area contributed by atoms with Gasteiger partial charge in [-0.2, -0.15) is 0 Å². The molecule has 1 aromatic heterocycles. The second-order valence-corrected chi connectivity index (χ2v) is 10.8. The van der Waals surface area contributed by atoms with Crippen LogP contribution in [0.2, 0.25) is 0 Å². The Labute approximate surface area is 185 Å². The summed E-state index contributed by atoms with van der Waals surface area (Å²) in [5.74, 6) is 6.85. The lowest BCUT2D eigenvalue weighted by Crippen LogP contribution is -2.50. The Morgan fingerprint density at radius 2 is 1.93 bits per heavy atom. The van der Waals surface area contributed by atoms with Crippen LogP contribution in [0.25, 0.3) is 0 Å². The van der Waals surface area contributed by atoms with E-state index in [0.717, 1.165) is 25.7 Å². The van der Waals surface area contributed by atoms with Crippen molar-refractivity contribution in [2.45, 2.75) is 90.8 Å². The number of hydrogen-bond acceptors (Lipinski definition) is 4. The number of carbonyl (C=O) groups excluding carboxylic acids is 2. The van der Waals surface area contributed by atoms with E-state index in [2.05, 4.69) is 39.5 Å². The van der Waals surface area contributed by atoms with Crippen LogP contribution in [0, 0.1) is 29.1 Å². The molecular formula is C25H35NO3S. The van der Waals surface area contributed by atoms with E-state index in [9.17, 15) is 9.59 Å². The predicted molar refractivity (Wildman–Crippen MR) is 121 cm³/mol. The Hall–Kier alpha value is -1.80. The van der Waals surface area contributed by atoms with E-state index in [1.54, 1.807) is 6.07 Å². The van der Waals surface area contributed by atoms with Crippen LogP contribution in [0.15, 0.2) is 17.5 Å². The minimum Gasteiger partial charge on any atom is -0.458 e. The lowest BCUT2D eigenvalue weighted by atomic mass is 9.74.